The molecule has 20 heavy (non-hydrogen) atoms. The molecule has 0 fully saturated rings. The van der Waals surface area contributed by atoms with Gasteiger partial charge in [-0.3, -0.25) is 10.1 Å². The zero-order valence-electron chi connectivity index (χ0n) is 10.7. The van der Waals surface area contributed by atoms with Crippen LogP contribution in [-0.2, 0) is 6.54 Å². The Balaban J connectivity index is 2.00. The summed E-state index contributed by atoms with van der Waals surface area (Å²) in [5.41, 5.74) is 0.298. The number of anilines is 1. The van der Waals surface area contributed by atoms with Crippen LogP contribution in [0.2, 0.25) is 0 Å². The molecule has 1 aromatic heterocycles. The molecule has 0 radical (unpaired) electrons. The summed E-state index contributed by atoms with van der Waals surface area (Å²) in [6.45, 7) is 0.313. The van der Waals surface area contributed by atoms with Gasteiger partial charge in [-0.15, -0.1) is 0 Å². The summed E-state index contributed by atoms with van der Waals surface area (Å²) in [7, 11) is 1.61. The first kappa shape index (κ1) is 13.5. The van der Waals surface area contributed by atoms with Crippen LogP contribution in [0.25, 0.3) is 0 Å². The number of rotatable bonds is 4. The number of urea groups is 1. The van der Waals surface area contributed by atoms with E-state index in [2.05, 4.69) is 15.3 Å². The van der Waals surface area contributed by atoms with Gasteiger partial charge in [0.2, 0.25) is 0 Å². The van der Waals surface area contributed by atoms with Crippen LogP contribution in [0.3, 0.4) is 0 Å². The van der Waals surface area contributed by atoms with E-state index in [9.17, 15) is 14.9 Å². The van der Waals surface area contributed by atoms with Crippen LogP contribution in [0.5, 0.6) is 0 Å². The SMILES string of the molecule is CN(Cc1ncc[nH]1)C(=O)Nc1cccc([N+](=O)[O-])c1. The summed E-state index contributed by atoms with van der Waals surface area (Å²) >= 11 is 0. The van der Waals surface area contributed by atoms with Crippen molar-refractivity contribution in [2.45, 2.75) is 6.54 Å². The summed E-state index contributed by atoms with van der Waals surface area (Å²) in [5, 5.41) is 13.2. The summed E-state index contributed by atoms with van der Waals surface area (Å²) in [6.07, 6.45) is 3.27. The van der Waals surface area contributed by atoms with E-state index in [4.69, 9.17) is 0 Å². The number of nitrogens with zero attached hydrogens (tertiary/aromatic N) is 3. The first-order valence-corrected chi connectivity index (χ1v) is 5.81. The van der Waals surface area contributed by atoms with Crippen molar-refractivity contribution in [2.24, 2.45) is 0 Å². The highest BCUT2D eigenvalue weighted by Crippen LogP contribution is 2.17. The Kier molecular flexibility index (Phi) is 3.94. The smallest absolute Gasteiger partial charge is 0.321 e. The Morgan fingerprint density at radius 1 is 1.55 bits per heavy atom. The number of nitro benzene ring substituents is 1. The average Bonchev–Trinajstić information content (AvgIpc) is 2.91. The third-order valence-corrected chi connectivity index (χ3v) is 2.60. The van der Waals surface area contributed by atoms with Crippen molar-refractivity contribution in [2.75, 3.05) is 12.4 Å². The lowest BCUT2D eigenvalue weighted by Crippen LogP contribution is -2.31. The minimum atomic E-state index is -0.512. The summed E-state index contributed by atoms with van der Waals surface area (Å²) in [4.78, 5) is 30.4. The third-order valence-electron chi connectivity index (χ3n) is 2.60. The van der Waals surface area contributed by atoms with Crippen molar-refractivity contribution < 1.29 is 9.72 Å². The molecule has 0 saturated heterocycles. The van der Waals surface area contributed by atoms with Crippen LogP contribution in [0.1, 0.15) is 5.82 Å². The van der Waals surface area contributed by atoms with E-state index in [0.717, 1.165) is 0 Å². The van der Waals surface area contributed by atoms with E-state index in [1.165, 1.54) is 23.1 Å². The quantitative estimate of drug-likeness (QED) is 0.657. The van der Waals surface area contributed by atoms with Crippen molar-refractivity contribution in [1.82, 2.24) is 14.9 Å². The van der Waals surface area contributed by atoms with Crippen molar-refractivity contribution in [1.29, 1.82) is 0 Å². The Labute approximate surface area is 114 Å². The van der Waals surface area contributed by atoms with E-state index in [0.29, 0.717) is 18.1 Å². The molecule has 0 saturated carbocycles. The highest BCUT2D eigenvalue weighted by molar-refractivity contribution is 5.89. The minimum absolute atomic E-state index is 0.0727. The Morgan fingerprint density at radius 3 is 3.00 bits per heavy atom. The van der Waals surface area contributed by atoms with Gasteiger partial charge in [-0.25, -0.2) is 9.78 Å². The molecule has 0 atom stereocenters. The van der Waals surface area contributed by atoms with E-state index in [-0.39, 0.29) is 11.7 Å². The number of aromatic amines is 1. The average molecular weight is 275 g/mol. The number of benzene rings is 1. The highest BCUT2D eigenvalue weighted by Gasteiger charge is 2.12. The maximum atomic E-state index is 11.9. The van der Waals surface area contributed by atoms with Crippen molar-refractivity contribution in [3.63, 3.8) is 0 Å². The Bertz CT molecular complexity index is 611. The lowest BCUT2D eigenvalue weighted by atomic mass is 10.3. The monoisotopic (exact) mass is 275 g/mol. The van der Waals surface area contributed by atoms with E-state index >= 15 is 0 Å². The van der Waals surface area contributed by atoms with E-state index < -0.39 is 4.92 Å². The molecular formula is C12H13N5O3. The van der Waals surface area contributed by atoms with Crippen molar-refractivity contribution in [3.05, 3.63) is 52.6 Å². The number of carbonyl (C=O) groups is 1. The molecule has 0 spiro atoms. The number of amides is 2. The molecule has 1 aromatic carbocycles. The molecule has 2 aromatic rings. The van der Waals surface area contributed by atoms with Gasteiger partial charge in [0.15, 0.2) is 0 Å². The topological polar surface area (TPSA) is 104 Å². The molecule has 8 heteroatoms. The molecule has 0 aliphatic carbocycles. The molecule has 2 rings (SSSR count). The molecule has 0 unspecified atom stereocenters. The lowest BCUT2D eigenvalue weighted by Gasteiger charge is -2.16. The largest absolute Gasteiger partial charge is 0.347 e. The molecular weight excluding hydrogens is 262 g/mol. The first-order chi connectivity index (χ1) is 9.56. The maximum Gasteiger partial charge on any atom is 0.321 e. The van der Waals surface area contributed by atoms with Gasteiger partial charge >= 0.3 is 6.03 Å². The number of imidazole rings is 1. The second-order valence-corrected chi connectivity index (χ2v) is 4.13. The van der Waals surface area contributed by atoms with Crippen LogP contribution in [-0.4, -0.2) is 32.9 Å². The van der Waals surface area contributed by atoms with Crippen LogP contribution >= 0.6 is 0 Å². The number of nitro groups is 1. The predicted molar refractivity (Wildman–Crippen MR) is 72.2 cm³/mol. The van der Waals surface area contributed by atoms with Crippen LogP contribution in [0.4, 0.5) is 16.2 Å². The molecule has 104 valence electrons. The standard InChI is InChI=1S/C12H13N5O3/c1-16(8-11-13-5-6-14-11)12(18)15-9-3-2-4-10(7-9)17(19)20/h2-7H,8H2,1H3,(H,13,14)(H,15,18). The molecule has 0 aliphatic rings. The van der Waals surface area contributed by atoms with Crippen molar-refractivity contribution in [3.8, 4) is 0 Å². The minimum Gasteiger partial charge on any atom is -0.347 e. The number of carbonyl (C=O) groups excluding carboxylic acids is 1. The second kappa shape index (κ2) is 5.83. The van der Waals surface area contributed by atoms with Gasteiger partial charge in [0.1, 0.15) is 5.82 Å². The fourth-order valence-corrected chi connectivity index (χ4v) is 1.60. The van der Waals surface area contributed by atoms with Crippen LogP contribution in [0.15, 0.2) is 36.7 Å². The second-order valence-electron chi connectivity index (χ2n) is 4.13. The lowest BCUT2D eigenvalue weighted by molar-refractivity contribution is -0.384. The maximum absolute atomic E-state index is 11.9. The van der Waals surface area contributed by atoms with E-state index in [1.807, 2.05) is 0 Å². The summed E-state index contributed by atoms with van der Waals surface area (Å²) < 4.78 is 0. The normalized spacial score (nSPS) is 10.1. The van der Waals surface area contributed by atoms with Gasteiger partial charge in [-0.1, -0.05) is 6.07 Å². The number of H-pyrrole nitrogens is 1. The fraction of sp³-hybridized carbons (Fsp3) is 0.167. The number of hydrogen-bond donors (Lipinski definition) is 2. The highest BCUT2D eigenvalue weighted by atomic mass is 16.6. The Morgan fingerprint density at radius 2 is 2.35 bits per heavy atom. The molecule has 8 nitrogen and oxygen atoms in total. The molecule has 1 heterocycles. The Hall–Kier alpha value is -2.90. The molecule has 2 amide bonds. The van der Waals surface area contributed by atoms with Gasteiger partial charge in [-0.05, 0) is 6.07 Å². The number of nitrogens with one attached hydrogen (secondary N) is 2. The van der Waals surface area contributed by atoms with E-state index in [1.54, 1.807) is 25.5 Å². The van der Waals surface area contributed by atoms with Crippen LogP contribution < -0.4 is 5.32 Å². The number of aromatic nitrogens is 2. The zero-order valence-corrected chi connectivity index (χ0v) is 10.7. The van der Waals surface area contributed by atoms with Crippen molar-refractivity contribution >= 4 is 17.4 Å². The van der Waals surface area contributed by atoms with Gasteiger partial charge in [0.25, 0.3) is 5.69 Å². The summed E-state index contributed by atoms with van der Waals surface area (Å²) in [5.74, 6) is 0.654. The fourth-order valence-electron chi connectivity index (χ4n) is 1.60. The van der Waals surface area contributed by atoms with Gasteiger partial charge in [0.05, 0.1) is 11.5 Å². The predicted octanol–water partition coefficient (Wildman–Crippen LogP) is 1.98. The summed E-state index contributed by atoms with van der Waals surface area (Å²) in [6, 6.07) is 5.40. The van der Waals surface area contributed by atoms with Gasteiger partial charge in [-0.2, -0.15) is 0 Å². The molecule has 0 aliphatic heterocycles. The van der Waals surface area contributed by atoms with Gasteiger partial charge < -0.3 is 15.2 Å². The number of hydrogen-bond acceptors (Lipinski definition) is 4. The van der Waals surface area contributed by atoms with Gasteiger partial charge in [0, 0.05) is 37.3 Å². The first-order valence-electron chi connectivity index (χ1n) is 5.81. The third kappa shape index (κ3) is 3.31. The molecule has 2 N–H and O–H groups in total. The van der Waals surface area contributed by atoms with Crippen LogP contribution in [0, 0.1) is 10.1 Å². The number of non-ortho nitro benzene ring substituents is 1. The molecule has 0 bridgehead atoms. The zero-order chi connectivity index (χ0) is 14.5.